The summed E-state index contributed by atoms with van der Waals surface area (Å²) in [5.41, 5.74) is 1.05. The fourth-order valence-electron chi connectivity index (χ4n) is 2.10. The number of benzene rings is 2. The first-order valence-corrected chi connectivity index (χ1v) is 7.10. The molecule has 5 heteroatoms. The van der Waals surface area contributed by atoms with E-state index >= 15 is 0 Å². The molecule has 3 aromatic rings. The molecule has 1 aromatic heterocycles. The number of aromatic nitrogens is 3. The van der Waals surface area contributed by atoms with Gasteiger partial charge in [-0.25, -0.2) is 9.67 Å². The van der Waals surface area contributed by atoms with Gasteiger partial charge in [0.25, 0.3) is 0 Å². The van der Waals surface area contributed by atoms with Crippen LogP contribution in [0.5, 0.6) is 11.5 Å². The monoisotopic (exact) mass is 295 g/mol. The molecule has 0 spiro atoms. The summed E-state index contributed by atoms with van der Waals surface area (Å²) in [6.45, 7) is 2.22. The van der Waals surface area contributed by atoms with Crippen LogP contribution >= 0.6 is 0 Å². The van der Waals surface area contributed by atoms with Crippen molar-refractivity contribution in [3.63, 3.8) is 0 Å². The van der Waals surface area contributed by atoms with E-state index in [1.54, 1.807) is 17.9 Å². The van der Waals surface area contributed by atoms with E-state index in [9.17, 15) is 5.11 Å². The van der Waals surface area contributed by atoms with Crippen LogP contribution in [0.3, 0.4) is 0 Å². The molecular formula is C17H17N3O2. The third-order valence-electron chi connectivity index (χ3n) is 3.15. The van der Waals surface area contributed by atoms with Crippen LogP contribution in [0.15, 0.2) is 60.9 Å². The van der Waals surface area contributed by atoms with Crippen LogP contribution in [-0.2, 0) is 6.54 Å². The van der Waals surface area contributed by atoms with Crippen molar-refractivity contribution < 1.29 is 9.84 Å². The molecule has 1 atom stereocenters. The smallest absolute Gasteiger partial charge is 0.178 e. The van der Waals surface area contributed by atoms with E-state index in [2.05, 4.69) is 10.1 Å². The van der Waals surface area contributed by atoms with Gasteiger partial charge in [-0.05, 0) is 36.8 Å². The minimum Gasteiger partial charge on any atom is -0.457 e. The SMILES string of the molecule is CC(O)c1ncn(Cc2cccc(Oc3ccccc3)c2)n1. The van der Waals surface area contributed by atoms with Crippen molar-refractivity contribution in [2.24, 2.45) is 0 Å². The molecule has 22 heavy (non-hydrogen) atoms. The Hall–Kier alpha value is -2.66. The lowest BCUT2D eigenvalue weighted by Crippen LogP contribution is -2.02. The van der Waals surface area contributed by atoms with Gasteiger partial charge in [0.15, 0.2) is 5.82 Å². The maximum atomic E-state index is 9.45. The lowest BCUT2D eigenvalue weighted by molar-refractivity contribution is 0.188. The van der Waals surface area contributed by atoms with Crippen LogP contribution in [0, 0.1) is 0 Å². The van der Waals surface area contributed by atoms with Gasteiger partial charge in [-0.2, -0.15) is 5.10 Å². The topological polar surface area (TPSA) is 60.2 Å². The number of hydrogen-bond acceptors (Lipinski definition) is 4. The molecule has 0 aliphatic heterocycles. The number of nitrogens with zero attached hydrogens (tertiary/aromatic N) is 3. The fourth-order valence-corrected chi connectivity index (χ4v) is 2.10. The standard InChI is InChI=1S/C17H17N3O2/c1-13(21)17-18-12-20(19-17)11-14-6-5-9-16(10-14)22-15-7-3-2-4-8-15/h2-10,12-13,21H,11H2,1H3. The average Bonchev–Trinajstić information content (AvgIpc) is 2.97. The molecule has 1 N–H and O–H groups in total. The second kappa shape index (κ2) is 6.41. The zero-order chi connectivity index (χ0) is 15.4. The highest BCUT2D eigenvalue weighted by molar-refractivity contribution is 5.33. The first-order chi connectivity index (χ1) is 10.7. The maximum Gasteiger partial charge on any atom is 0.178 e. The third-order valence-corrected chi connectivity index (χ3v) is 3.15. The Balaban J connectivity index is 1.73. The molecule has 1 unspecified atom stereocenters. The molecule has 0 amide bonds. The predicted molar refractivity (Wildman–Crippen MR) is 82.7 cm³/mol. The Labute approximate surface area is 128 Å². The highest BCUT2D eigenvalue weighted by Crippen LogP contribution is 2.22. The molecule has 0 fully saturated rings. The van der Waals surface area contributed by atoms with Crippen molar-refractivity contribution in [2.75, 3.05) is 0 Å². The molecule has 2 aromatic carbocycles. The summed E-state index contributed by atoms with van der Waals surface area (Å²) in [6.07, 6.45) is 0.960. The van der Waals surface area contributed by atoms with Crippen LogP contribution in [0.4, 0.5) is 0 Å². The summed E-state index contributed by atoms with van der Waals surface area (Å²) >= 11 is 0. The Morgan fingerprint density at radius 1 is 1.09 bits per heavy atom. The van der Waals surface area contributed by atoms with Crippen molar-refractivity contribution in [2.45, 2.75) is 19.6 Å². The van der Waals surface area contributed by atoms with Gasteiger partial charge in [-0.3, -0.25) is 0 Å². The Morgan fingerprint density at radius 2 is 1.86 bits per heavy atom. The zero-order valence-corrected chi connectivity index (χ0v) is 12.3. The van der Waals surface area contributed by atoms with Gasteiger partial charge in [0.2, 0.25) is 0 Å². The fraction of sp³-hybridized carbons (Fsp3) is 0.176. The van der Waals surface area contributed by atoms with Crippen molar-refractivity contribution in [3.8, 4) is 11.5 Å². The summed E-state index contributed by atoms with van der Waals surface area (Å²) in [5.74, 6) is 2.01. The molecular weight excluding hydrogens is 278 g/mol. The van der Waals surface area contributed by atoms with Crippen molar-refractivity contribution in [3.05, 3.63) is 72.3 Å². The summed E-state index contributed by atoms with van der Waals surface area (Å²) in [5, 5.41) is 13.7. The van der Waals surface area contributed by atoms with Crippen LogP contribution in [-0.4, -0.2) is 19.9 Å². The van der Waals surface area contributed by atoms with Gasteiger partial charge < -0.3 is 9.84 Å². The summed E-state index contributed by atoms with van der Waals surface area (Å²) in [6, 6.07) is 17.5. The minimum absolute atomic E-state index is 0.427. The molecule has 0 aliphatic carbocycles. The number of aliphatic hydroxyl groups is 1. The average molecular weight is 295 g/mol. The van der Waals surface area contributed by atoms with E-state index in [-0.39, 0.29) is 0 Å². The van der Waals surface area contributed by atoms with Crippen LogP contribution in [0.2, 0.25) is 0 Å². The van der Waals surface area contributed by atoms with Crippen molar-refractivity contribution >= 4 is 0 Å². The number of rotatable bonds is 5. The normalized spacial score (nSPS) is 12.1. The second-order valence-electron chi connectivity index (χ2n) is 5.04. The van der Waals surface area contributed by atoms with E-state index in [0.29, 0.717) is 12.4 Å². The Kier molecular flexibility index (Phi) is 4.16. The zero-order valence-electron chi connectivity index (χ0n) is 12.3. The molecule has 1 heterocycles. The van der Waals surface area contributed by atoms with Crippen LogP contribution in [0.25, 0.3) is 0 Å². The summed E-state index contributed by atoms with van der Waals surface area (Å²) in [4.78, 5) is 4.07. The molecule has 0 saturated heterocycles. The molecule has 112 valence electrons. The number of ether oxygens (including phenoxy) is 1. The number of aliphatic hydroxyl groups excluding tert-OH is 1. The minimum atomic E-state index is -0.658. The number of hydrogen-bond donors (Lipinski definition) is 1. The number of para-hydroxylation sites is 1. The largest absolute Gasteiger partial charge is 0.457 e. The molecule has 0 saturated carbocycles. The van der Waals surface area contributed by atoms with Gasteiger partial charge in [-0.1, -0.05) is 30.3 Å². The van der Waals surface area contributed by atoms with Crippen molar-refractivity contribution in [1.29, 1.82) is 0 Å². The molecule has 0 radical (unpaired) electrons. The lowest BCUT2D eigenvalue weighted by atomic mass is 10.2. The highest BCUT2D eigenvalue weighted by Gasteiger charge is 2.07. The summed E-state index contributed by atoms with van der Waals surface area (Å²) < 4.78 is 7.51. The van der Waals surface area contributed by atoms with Gasteiger partial charge >= 0.3 is 0 Å². The van der Waals surface area contributed by atoms with E-state index in [1.807, 2.05) is 54.6 Å². The maximum absolute atomic E-state index is 9.45. The predicted octanol–water partition coefficient (Wildman–Crippen LogP) is 3.17. The van der Waals surface area contributed by atoms with Gasteiger partial charge in [0.1, 0.15) is 23.9 Å². The molecule has 0 aliphatic rings. The Morgan fingerprint density at radius 3 is 2.59 bits per heavy atom. The summed E-state index contributed by atoms with van der Waals surface area (Å²) in [7, 11) is 0. The van der Waals surface area contributed by atoms with E-state index in [0.717, 1.165) is 17.1 Å². The lowest BCUT2D eigenvalue weighted by Gasteiger charge is -2.07. The van der Waals surface area contributed by atoms with Crippen molar-refractivity contribution in [1.82, 2.24) is 14.8 Å². The van der Waals surface area contributed by atoms with Crippen LogP contribution < -0.4 is 4.74 Å². The molecule has 0 bridgehead atoms. The second-order valence-corrected chi connectivity index (χ2v) is 5.04. The third kappa shape index (κ3) is 3.51. The molecule has 3 rings (SSSR count). The van der Waals surface area contributed by atoms with E-state index in [1.165, 1.54) is 0 Å². The van der Waals surface area contributed by atoms with Gasteiger partial charge in [0, 0.05) is 0 Å². The Bertz CT molecular complexity index is 738. The molecule has 5 nitrogen and oxygen atoms in total. The first-order valence-electron chi connectivity index (χ1n) is 7.10. The first kappa shape index (κ1) is 14.3. The van der Waals surface area contributed by atoms with E-state index in [4.69, 9.17) is 4.74 Å². The quantitative estimate of drug-likeness (QED) is 0.785. The van der Waals surface area contributed by atoms with Gasteiger partial charge in [0.05, 0.1) is 6.54 Å². The van der Waals surface area contributed by atoms with Gasteiger partial charge in [-0.15, -0.1) is 0 Å². The highest BCUT2D eigenvalue weighted by atomic mass is 16.5. The van der Waals surface area contributed by atoms with Crippen LogP contribution in [0.1, 0.15) is 24.4 Å². The van der Waals surface area contributed by atoms with E-state index < -0.39 is 6.10 Å².